The Labute approximate surface area is 160 Å². The molecule has 0 radical (unpaired) electrons. The molecule has 0 saturated carbocycles. The van der Waals surface area contributed by atoms with Gasteiger partial charge in [0.25, 0.3) is 5.91 Å². The zero-order valence-corrected chi connectivity index (χ0v) is 16.0. The lowest BCUT2D eigenvalue weighted by atomic mass is 10.0. The highest BCUT2D eigenvalue weighted by Crippen LogP contribution is 2.27. The molecule has 0 fully saturated rings. The molecular weight excluding hydrogens is 346 g/mol. The number of benzene rings is 1. The van der Waals surface area contributed by atoms with E-state index < -0.39 is 18.5 Å². The number of rotatable bonds is 10. The Hall–Kier alpha value is -3.06. The van der Waals surface area contributed by atoms with E-state index >= 15 is 0 Å². The number of carbonyl (C=O) groups is 2. The van der Waals surface area contributed by atoms with Crippen LogP contribution in [0.25, 0.3) is 0 Å². The highest BCUT2D eigenvalue weighted by atomic mass is 16.6. The van der Waals surface area contributed by atoms with Crippen LogP contribution in [0.5, 0.6) is 5.75 Å². The standard InChI is InChI=1S/C20H25N3O4/c1-15(2)17-7-6-16(3)12-18(17)26-14-20(25)27-13-19(24)23(10-4-8-21)11-5-9-22/h6-7,12,15H,4-5,10-11,13-14H2,1-3H3. The van der Waals surface area contributed by atoms with Gasteiger partial charge in [0, 0.05) is 13.1 Å². The van der Waals surface area contributed by atoms with Gasteiger partial charge in [-0.25, -0.2) is 4.79 Å². The monoisotopic (exact) mass is 371 g/mol. The van der Waals surface area contributed by atoms with E-state index in [4.69, 9.17) is 20.0 Å². The van der Waals surface area contributed by atoms with Crippen molar-refractivity contribution in [3.8, 4) is 17.9 Å². The van der Waals surface area contributed by atoms with Crippen molar-refractivity contribution in [2.45, 2.75) is 39.5 Å². The molecule has 0 unspecified atom stereocenters. The number of hydrogen-bond acceptors (Lipinski definition) is 6. The molecule has 0 atom stereocenters. The Balaban J connectivity index is 2.55. The first-order chi connectivity index (χ1) is 12.9. The summed E-state index contributed by atoms with van der Waals surface area (Å²) in [6, 6.07) is 9.70. The molecule has 1 rings (SSSR count). The Morgan fingerprint density at radius 1 is 1.11 bits per heavy atom. The lowest BCUT2D eigenvalue weighted by Crippen LogP contribution is -2.36. The van der Waals surface area contributed by atoms with Gasteiger partial charge >= 0.3 is 5.97 Å². The highest BCUT2D eigenvalue weighted by molar-refractivity contribution is 5.81. The molecule has 1 amide bonds. The van der Waals surface area contributed by atoms with Crippen LogP contribution in [0.15, 0.2) is 18.2 Å². The summed E-state index contributed by atoms with van der Waals surface area (Å²) in [6.07, 6.45) is 0.305. The Kier molecular flexibility index (Phi) is 9.39. The zero-order chi connectivity index (χ0) is 20.2. The van der Waals surface area contributed by atoms with Crippen LogP contribution < -0.4 is 4.74 Å². The molecule has 0 aliphatic carbocycles. The summed E-state index contributed by atoms with van der Waals surface area (Å²) in [5.41, 5.74) is 2.01. The van der Waals surface area contributed by atoms with Crippen molar-refractivity contribution in [2.24, 2.45) is 0 Å². The van der Waals surface area contributed by atoms with Crippen molar-refractivity contribution in [1.82, 2.24) is 4.90 Å². The van der Waals surface area contributed by atoms with Gasteiger partial charge in [0.1, 0.15) is 5.75 Å². The third-order valence-corrected chi connectivity index (χ3v) is 3.83. The topological polar surface area (TPSA) is 103 Å². The smallest absolute Gasteiger partial charge is 0.344 e. The fourth-order valence-corrected chi connectivity index (χ4v) is 2.39. The van der Waals surface area contributed by atoms with Gasteiger partial charge in [-0.3, -0.25) is 4.79 Å². The molecular formula is C20H25N3O4. The second-order valence-electron chi connectivity index (χ2n) is 6.34. The maximum absolute atomic E-state index is 12.1. The number of nitrogens with zero attached hydrogens (tertiary/aromatic N) is 3. The lowest BCUT2D eigenvalue weighted by molar-refractivity contribution is -0.153. The number of carbonyl (C=O) groups excluding carboxylic acids is 2. The molecule has 0 aliphatic heterocycles. The molecule has 1 aromatic carbocycles. The molecule has 0 N–H and O–H groups in total. The number of aryl methyl sites for hydroxylation is 1. The largest absolute Gasteiger partial charge is 0.482 e. The molecule has 0 aromatic heterocycles. The van der Waals surface area contributed by atoms with E-state index in [0.29, 0.717) is 5.75 Å². The third kappa shape index (κ3) is 7.79. The molecule has 27 heavy (non-hydrogen) atoms. The molecule has 7 heteroatoms. The normalized spacial score (nSPS) is 10.0. The summed E-state index contributed by atoms with van der Waals surface area (Å²) in [5.74, 6) is -0.225. The van der Waals surface area contributed by atoms with Crippen molar-refractivity contribution < 1.29 is 19.1 Å². The maximum atomic E-state index is 12.1. The first-order valence-corrected chi connectivity index (χ1v) is 8.79. The van der Waals surface area contributed by atoms with E-state index in [1.165, 1.54) is 4.90 Å². The first-order valence-electron chi connectivity index (χ1n) is 8.79. The SMILES string of the molecule is Cc1ccc(C(C)C)c(OCC(=O)OCC(=O)N(CCC#N)CCC#N)c1. The molecule has 0 bridgehead atoms. The fourth-order valence-electron chi connectivity index (χ4n) is 2.39. The lowest BCUT2D eigenvalue weighted by Gasteiger charge is -2.20. The van der Waals surface area contributed by atoms with Gasteiger partial charge in [-0.05, 0) is 30.0 Å². The maximum Gasteiger partial charge on any atom is 0.344 e. The molecule has 7 nitrogen and oxygen atoms in total. The second kappa shape index (κ2) is 11.5. The molecule has 0 aliphatic rings. The van der Waals surface area contributed by atoms with Crippen molar-refractivity contribution in [2.75, 3.05) is 26.3 Å². The molecule has 0 heterocycles. The predicted octanol–water partition coefficient (Wildman–Crippen LogP) is 2.70. The van der Waals surface area contributed by atoms with Crippen LogP contribution in [-0.4, -0.2) is 43.1 Å². The summed E-state index contributed by atoms with van der Waals surface area (Å²) in [5, 5.41) is 17.3. The number of ether oxygens (including phenoxy) is 2. The molecule has 0 spiro atoms. The predicted molar refractivity (Wildman–Crippen MR) is 98.8 cm³/mol. The van der Waals surface area contributed by atoms with E-state index in [1.807, 2.05) is 51.1 Å². The van der Waals surface area contributed by atoms with Crippen molar-refractivity contribution in [1.29, 1.82) is 10.5 Å². The van der Waals surface area contributed by atoms with Crippen molar-refractivity contribution in [3.63, 3.8) is 0 Å². The van der Waals surface area contributed by atoms with E-state index in [-0.39, 0.29) is 38.5 Å². The van der Waals surface area contributed by atoms with Crippen LogP contribution >= 0.6 is 0 Å². The summed E-state index contributed by atoms with van der Waals surface area (Å²) in [7, 11) is 0. The van der Waals surface area contributed by atoms with Gasteiger partial charge in [0.2, 0.25) is 0 Å². The zero-order valence-electron chi connectivity index (χ0n) is 16.0. The fraction of sp³-hybridized carbons (Fsp3) is 0.500. The molecule has 0 saturated heterocycles. The average Bonchev–Trinajstić information content (AvgIpc) is 2.64. The molecule has 1 aromatic rings. The summed E-state index contributed by atoms with van der Waals surface area (Å²) in [4.78, 5) is 25.4. The Bertz CT molecular complexity index is 714. The third-order valence-electron chi connectivity index (χ3n) is 3.83. The van der Waals surface area contributed by atoms with Crippen LogP contribution in [0.4, 0.5) is 0 Å². The first kappa shape index (κ1) is 22.0. The van der Waals surface area contributed by atoms with Crippen LogP contribution in [0.1, 0.15) is 43.7 Å². The van der Waals surface area contributed by atoms with Crippen LogP contribution in [0, 0.1) is 29.6 Å². The minimum atomic E-state index is -0.653. The van der Waals surface area contributed by atoms with Gasteiger partial charge < -0.3 is 14.4 Å². The summed E-state index contributed by atoms with van der Waals surface area (Å²) < 4.78 is 10.6. The van der Waals surface area contributed by atoms with Crippen LogP contribution in [0.3, 0.4) is 0 Å². The number of amides is 1. The van der Waals surface area contributed by atoms with Gasteiger partial charge in [-0.1, -0.05) is 26.0 Å². The average molecular weight is 371 g/mol. The quantitative estimate of drug-likeness (QED) is 0.586. The van der Waals surface area contributed by atoms with Gasteiger partial charge in [-0.15, -0.1) is 0 Å². The second-order valence-corrected chi connectivity index (χ2v) is 6.34. The van der Waals surface area contributed by atoms with Crippen molar-refractivity contribution >= 4 is 11.9 Å². The van der Waals surface area contributed by atoms with Gasteiger partial charge in [0.15, 0.2) is 13.2 Å². The summed E-state index contributed by atoms with van der Waals surface area (Å²) >= 11 is 0. The van der Waals surface area contributed by atoms with E-state index in [0.717, 1.165) is 11.1 Å². The van der Waals surface area contributed by atoms with Crippen LogP contribution in [-0.2, 0) is 14.3 Å². The highest BCUT2D eigenvalue weighted by Gasteiger charge is 2.16. The van der Waals surface area contributed by atoms with E-state index in [9.17, 15) is 9.59 Å². The Morgan fingerprint density at radius 3 is 2.30 bits per heavy atom. The van der Waals surface area contributed by atoms with Gasteiger partial charge in [-0.2, -0.15) is 10.5 Å². The Morgan fingerprint density at radius 2 is 1.74 bits per heavy atom. The number of nitriles is 2. The van der Waals surface area contributed by atoms with Crippen molar-refractivity contribution in [3.05, 3.63) is 29.3 Å². The number of hydrogen-bond donors (Lipinski definition) is 0. The summed E-state index contributed by atoms with van der Waals surface area (Å²) in [6.45, 7) is 5.66. The van der Waals surface area contributed by atoms with Crippen LogP contribution in [0.2, 0.25) is 0 Å². The minimum Gasteiger partial charge on any atom is -0.482 e. The minimum absolute atomic E-state index is 0.152. The van der Waals surface area contributed by atoms with E-state index in [1.54, 1.807) is 0 Å². The number of esters is 1. The van der Waals surface area contributed by atoms with E-state index in [2.05, 4.69) is 0 Å². The van der Waals surface area contributed by atoms with Gasteiger partial charge in [0.05, 0.1) is 25.0 Å². The molecule has 144 valence electrons.